The SMILES string of the molecule is CCOC(=O)C(C#N)=Cc1c(N(C)C)[nH]c2ccccc2c1=O. The van der Waals surface area contributed by atoms with Gasteiger partial charge in [0.05, 0.1) is 17.7 Å². The first kappa shape index (κ1) is 16.3. The second-order valence-corrected chi connectivity index (χ2v) is 5.05. The number of nitriles is 1. The number of fused-ring (bicyclic) bond motifs is 1. The van der Waals surface area contributed by atoms with Gasteiger partial charge in [-0.3, -0.25) is 4.79 Å². The molecule has 0 saturated carbocycles. The van der Waals surface area contributed by atoms with E-state index in [0.29, 0.717) is 16.7 Å². The third kappa shape index (κ3) is 3.24. The standard InChI is InChI=1S/C17H17N3O3/c1-4-23-17(22)11(10-18)9-13-15(21)12-7-5-6-8-14(12)19-16(13)20(2)3/h5-9H,4H2,1-3H3,(H,19,21). The molecule has 6 nitrogen and oxygen atoms in total. The number of carbonyl (C=O) groups excluding carboxylic acids is 1. The van der Waals surface area contributed by atoms with Crippen LogP contribution in [0.3, 0.4) is 0 Å². The highest BCUT2D eigenvalue weighted by molar-refractivity contribution is 5.99. The molecule has 6 heteroatoms. The van der Waals surface area contributed by atoms with Gasteiger partial charge in [-0.1, -0.05) is 12.1 Å². The summed E-state index contributed by atoms with van der Waals surface area (Å²) in [5, 5.41) is 9.66. The van der Waals surface area contributed by atoms with Gasteiger partial charge >= 0.3 is 5.97 Å². The number of benzene rings is 1. The van der Waals surface area contributed by atoms with E-state index >= 15 is 0 Å². The van der Waals surface area contributed by atoms with Crippen molar-refractivity contribution in [1.82, 2.24) is 4.98 Å². The van der Waals surface area contributed by atoms with E-state index in [2.05, 4.69) is 4.98 Å². The number of hydrogen-bond acceptors (Lipinski definition) is 5. The summed E-state index contributed by atoms with van der Waals surface area (Å²) in [4.78, 5) is 29.4. The quantitative estimate of drug-likeness (QED) is 0.530. The summed E-state index contributed by atoms with van der Waals surface area (Å²) in [6.45, 7) is 1.81. The first-order valence-corrected chi connectivity index (χ1v) is 7.10. The Hall–Kier alpha value is -3.07. The van der Waals surface area contributed by atoms with Gasteiger partial charge in [0.25, 0.3) is 0 Å². The third-order valence-corrected chi connectivity index (χ3v) is 3.28. The molecule has 0 unspecified atom stereocenters. The number of H-pyrrole nitrogens is 1. The van der Waals surface area contributed by atoms with Gasteiger partial charge in [0.2, 0.25) is 0 Å². The Balaban J connectivity index is 2.74. The molecule has 0 spiro atoms. The minimum Gasteiger partial charge on any atom is -0.462 e. The van der Waals surface area contributed by atoms with Crippen LogP contribution in [0.25, 0.3) is 17.0 Å². The van der Waals surface area contributed by atoms with E-state index in [1.807, 2.05) is 6.07 Å². The van der Waals surface area contributed by atoms with Crippen LogP contribution < -0.4 is 10.3 Å². The molecule has 23 heavy (non-hydrogen) atoms. The van der Waals surface area contributed by atoms with Gasteiger partial charge in [-0.05, 0) is 25.1 Å². The lowest BCUT2D eigenvalue weighted by Crippen LogP contribution is -2.19. The average molecular weight is 311 g/mol. The van der Waals surface area contributed by atoms with Crippen LogP contribution in [-0.2, 0) is 9.53 Å². The molecule has 2 aromatic rings. The van der Waals surface area contributed by atoms with Crippen LogP contribution in [0, 0.1) is 11.3 Å². The number of aromatic nitrogens is 1. The lowest BCUT2D eigenvalue weighted by atomic mass is 10.1. The number of carbonyl (C=O) groups is 1. The predicted octanol–water partition coefficient (Wildman–Crippen LogP) is 2.06. The zero-order chi connectivity index (χ0) is 17.0. The molecule has 0 radical (unpaired) electrons. The molecule has 0 saturated heterocycles. The fourth-order valence-electron chi connectivity index (χ4n) is 2.21. The minimum absolute atomic E-state index is 0.159. The van der Waals surface area contributed by atoms with Gasteiger partial charge in [-0.2, -0.15) is 5.26 Å². The smallest absolute Gasteiger partial charge is 0.348 e. The van der Waals surface area contributed by atoms with Gasteiger partial charge in [0.15, 0.2) is 5.43 Å². The minimum atomic E-state index is -0.743. The molecule has 0 amide bonds. The van der Waals surface area contributed by atoms with Crippen LogP contribution >= 0.6 is 0 Å². The number of rotatable bonds is 4. The molecular weight excluding hydrogens is 294 g/mol. The van der Waals surface area contributed by atoms with Crippen LogP contribution in [-0.4, -0.2) is 31.7 Å². The van der Waals surface area contributed by atoms with Gasteiger partial charge < -0.3 is 14.6 Å². The Morgan fingerprint density at radius 2 is 2.09 bits per heavy atom. The fourth-order valence-corrected chi connectivity index (χ4v) is 2.21. The number of hydrogen-bond donors (Lipinski definition) is 1. The second kappa shape index (κ2) is 6.79. The first-order valence-electron chi connectivity index (χ1n) is 7.10. The van der Waals surface area contributed by atoms with Crippen molar-refractivity contribution in [2.24, 2.45) is 0 Å². The second-order valence-electron chi connectivity index (χ2n) is 5.05. The molecule has 118 valence electrons. The molecular formula is C17H17N3O3. The normalized spacial score (nSPS) is 11.1. The summed E-state index contributed by atoms with van der Waals surface area (Å²) in [7, 11) is 3.54. The molecule has 1 N–H and O–H groups in total. The van der Waals surface area contributed by atoms with Crippen LogP contribution in [0.1, 0.15) is 12.5 Å². The van der Waals surface area contributed by atoms with E-state index in [0.717, 1.165) is 0 Å². The average Bonchev–Trinajstić information content (AvgIpc) is 2.54. The Bertz CT molecular complexity index is 873. The molecule has 0 atom stereocenters. The van der Waals surface area contributed by atoms with Crippen LogP contribution in [0.4, 0.5) is 5.82 Å². The van der Waals surface area contributed by atoms with Crippen molar-refractivity contribution in [3.05, 3.63) is 45.6 Å². The highest BCUT2D eigenvalue weighted by atomic mass is 16.5. The molecule has 0 bridgehead atoms. The lowest BCUT2D eigenvalue weighted by Gasteiger charge is -2.16. The topological polar surface area (TPSA) is 86.2 Å². The van der Waals surface area contributed by atoms with E-state index in [-0.39, 0.29) is 23.2 Å². The highest BCUT2D eigenvalue weighted by Gasteiger charge is 2.16. The summed E-state index contributed by atoms with van der Waals surface area (Å²) in [5.74, 6) is -0.224. The number of esters is 1. The maximum atomic E-state index is 12.7. The lowest BCUT2D eigenvalue weighted by molar-refractivity contribution is -0.137. The Morgan fingerprint density at radius 3 is 2.70 bits per heavy atom. The highest BCUT2D eigenvalue weighted by Crippen LogP contribution is 2.20. The number of ether oxygens (including phenoxy) is 1. The third-order valence-electron chi connectivity index (χ3n) is 3.28. The summed E-state index contributed by atoms with van der Waals surface area (Å²) < 4.78 is 4.84. The van der Waals surface area contributed by atoms with Gasteiger partial charge in [0.1, 0.15) is 17.5 Å². The number of nitrogens with zero attached hydrogens (tertiary/aromatic N) is 2. The zero-order valence-electron chi connectivity index (χ0n) is 13.2. The molecule has 1 heterocycles. The maximum absolute atomic E-state index is 12.7. The van der Waals surface area contributed by atoms with Crippen LogP contribution in [0.15, 0.2) is 34.6 Å². The van der Waals surface area contributed by atoms with Crippen molar-refractivity contribution < 1.29 is 9.53 Å². The van der Waals surface area contributed by atoms with E-state index in [1.165, 1.54) is 6.08 Å². The molecule has 0 aliphatic heterocycles. The van der Waals surface area contributed by atoms with Crippen molar-refractivity contribution in [2.45, 2.75) is 6.92 Å². The molecule has 0 aliphatic rings. The summed E-state index contributed by atoms with van der Waals surface area (Å²) in [6, 6.07) is 8.87. The number of pyridine rings is 1. The van der Waals surface area contributed by atoms with E-state index in [1.54, 1.807) is 50.2 Å². The summed E-state index contributed by atoms with van der Waals surface area (Å²) >= 11 is 0. The van der Waals surface area contributed by atoms with Crippen LogP contribution in [0.2, 0.25) is 0 Å². The summed E-state index contributed by atoms with van der Waals surface area (Å²) in [6.07, 6.45) is 1.28. The molecule has 2 rings (SSSR count). The maximum Gasteiger partial charge on any atom is 0.348 e. The Labute approximate surface area is 133 Å². The van der Waals surface area contributed by atoms with Crippen LogP contribution in [0.5, 0.6) is 0 Å². The van der Waals surface area contributed by atoms with Gasteiger partial charge in [-0.25, -0.2) is 4.79 Å². The van der Waals surface area contributed by atoms with Crippen molar-refractivity contribution in [1.29, 1.82) is 5.26 Å². The predicted molar refractivity (Wildman–Crippen MR) is 89.1 cm³/mol. The first-order chi connectivity index (χ1) is 11.0. The largest absolute Gasteiger partial charge is 0.462 e. The van der Waals surface area contributed by atoms with Crippen molar-refractivity contribution in [3.63, 3.8) is 0 Å². The van der Waals surface area contributed by atoms with E-state index in [9.17, 15) is 14.9 Å². The molecule has 0 fully saturated rings. The Morgan fingerprint density at radius 1 is 1.39 bits per heavy atom. The van der Waals surface area contributed by atoms with E-state index < -0.39 is 5.97 Å². The molecule has 1 aromatic heterocycles. The van der Waals surface area contributed by atoms with Crippen molar-refractivity contribution in [3.8, 4) is 6.07 Å². The van der Waals surface area contributed by atoms with Crippen molar-refractivity contribution in [2.75, 3.05) is 25.6 Å². The van der Waals surface area contributed by atoms with E-state index in [4.69, 9.17) is 4.74 Å². The number of para-hydroxylation sites is 1. The number of nitrogens with one attached hydrogen (secondary N) is 1. The number of aromatic amines is 1. The van der Waals surface area contributed by atoms with Crippen molar-refractivity contribution >= 4 is 28.8 Å². The van der Waals surface area contributed by atoms with Gasteiger partial charge in [0, 0.05) is 19.5 Å². The monoisotopic (exact) mass is 311 g/mol. The molecule has 0 aliphatic carbocycles. The number of anilines is 1. The Kier molecular flexibility index (Phi) is 4.82. The summed E-state index contributed by atoms with van der Waals surface area (Å²) in [5.41, 5.74) is 0.474. The molecule has 1 aromatic carbocycles. The fraction of sp³-hybridized carbons (Fsp3) is 0.235. The zero-order valence-corrected chi connectivity index (χ0v) is 13.2. The van der Waals surface area contributed by atoms with Gasteiger partial charge in [-0.15, -0.1) is 0 Å².